The molecule has 7 nitrogen and oxygen atoms in total. The van der Waals surface area contributed by atoms with Gasteiger partial charge in [-0.1, -0.05) is 5.16 Å². The molecule has 2 heterocycles. The van der Waals surface area contributed by atoms with E-state index in [9.17, 15) is 4.79 Å². The summed E-state index contributed by atoms with van der Waals surface area (Å²) in [6, 6.07) is 2.89. The molecule has 0 bridgehead atoms. The maximum atomic E-state index is 10.6. The second kappa shape index (κ2) is 3.74. The van der Waals surface area contributed by atoms with Crippen LogP contribution in [0.25, 0.3) is 0 Å². The molecule has 2 aromatic rings. The zero-order valence-electron chi connectivity index (χ0n) is 7.41. The third-order valence-corrected chi connectivity index (χ3v) is 1.58. The molecule has 2 N–H and O–H groups in total. The molecule has 2 aromatic heterocycles. The number of carboxylic acid groups (broad SMARTS) is 1. The standard InChI is InChI=1S/C8H6N4O3/c13-8(14)5-3-7(10-4-9-5)11-6-1-2-15-12-6/h1-4H,(H,13,14)(H,9,10,11,12). The Hall–Kier alpha value is -2.44. The molecular formula is C8H6N4O3. The van der Waals surface area contributed by atoms with Crippen LogP contribution in [0.1, 0.15) is 10.5 Å². The third-order valence-electron chi connectivity index (χ3n) is 1.58. The van der Waals surface area contributed by atoms with Crippen LogP contribution in [0.3, 0.4) is 0 Å². The Labute approximate surface area is 83.8 Å². The van der Waals surface area contributed by atoms with Crippen molar-refractivity contribution in [2.45, 2.75) is 0 Å². The molecular weight excluding hydrogens is 200 g/mol. The van der Waals surface area contributed by atoms with Crippen LogP contribution in [0.5, 0.6) is 0 Å². The Kier molecular flexibility index (Phi) is 2.28. The number of carboxylic acids is 1. The number of nitrogens with zero attached hydrogens (tertiary/aromatic N) is 3. The smallest absolute Gasteiger partial charge is 0.354 e. The second-order valence-electron chi connectivity index (χ2n) is 2.60. The van der Waals surface area contributed by atoms with Crippen molar-refractivity contribution in [1.29, 1.82) is 0 Å². The molecule has 0 saturated heterocycles. The maximum Gasteiger partial charge on any atom is 0.354 e. The fraction of sp³-hybridized carbons (Fsp3) is 0. The van der Waals surface area contributed by atoms with Crippen molar-refractivity contribution in [2.75, 3.05) is 5.32 Å². The van der Waals surface area contributed by atoms with Crippen LogP contribution in [-0.2, 0) is 0 Å². The normalized spacial score (nSPS) is 9.87. The predicted molar refractivity (Wildman–Crippen MR) is 48.8 cm³/mol. The van der Waals surface area contributed by atoms with Crippen LogP contribution in [-0.4, -0.2) is 26.2 Å². The average molecular weight is 206 g/mol. The molecule has 0 aliphatic heterocycles. The molecule has 0 atom stereocenters. The largest absolute Gasteiger partial charge is 0.477 e. The van der Waals surface area contributed by atoms with Crippen LogP contribution in [0.4, 0.5) is 11.6 Å². The molecule has 76 valence electrons. The van der Waals surface area contributed by atoms with E-state index in [1.54, 1.807) is 6.07 Å². The van der Waals surface area contributed by atoms with E-state index in [0.29, 0.717) is 11.6 Å². The Morgan fingerprint density at radius 2 is 2.27 bits per heavy atom. The van der Waals surface area contributed by atoms with Crippen LogP contribution in [0, 0.1) is 0 Å². The maximum absolute atomic E-state index is 10.6. The first-order valence-electron chi connectivity index (χ1n) is 3.98. The molecule has 2 rings (SSSR count). The SMILES string of the molecule is O=C(O)c1cc(Nc2ccon2)ncn1. The van der Waals surface area contributed by atoms with Gasteiger partial charge in [-0.05, 0) is 0 Å². The van der Waals surface area contributed by atoms with Gasteiger partial charge in [0.2, 0.25) is 0 Å². The number of carbonyl (C=O) groups is 1. The zero-order chi connectivity index (χ0) is 10.7. The number of rotatable bonds is 3. The molecule has 0 radical (unpaired) electrons. The molecule has 0 unspecified atom stereocenters. The van der Waals surface area contributed by atoms with Crippen molar-refractivity contribution in [3.63, 3.8) is 0 Å². The summed E-state index contributed by atoms with van der Waals surface area (Å²) in [4.78, 5) is 18.0. The second-order valence-corrected chi connectivity index (χ2v) is 2.60. The van der Waals surface area contributed by atoms with Gasteiger partial charge in [0.05, 0.1) is 0 Å². The van der Waals surface area contributed by atoms with Crippen LogP contribution in [0.15, 0.2) is 29.2 Å². The number of aromatic nitrogens is 3. The van der Waals surface area contributed by atoms with Crippen molar-refractivity contribution < 1.29 is 14.4 Å². The molecule has 0 aliphatic rings. The molecule has 0 amide bonds. The highest BCUT2D eigenvalue weighted by molar-refractivity contribution is 5.86. The summed E-state index contributed by atoms with van der Waals surface area (Å²) in [6.07, 6.45) is 2.55. The predicted octanol–water partition coefficient (Wildman–Crippen LogP) is 0.906. The first kappa shape index (κ1) is 9.13. The molecule has 0 spiro atoms. The van der Waals surface area contributed by atoms with Gasteiger partial charge in [-0.2, -0.15) is 0 Å². The van der Waals surface area contributed by atoms with Crippen molar-refractivity contribution >= 4 is 17.6 Å². The van der Waals surface area contributed by atoms with Gasteiger partial charge >= 0.3 is 5.97 Å². The van der Waals surface area contributed by atoms with E-state index in [0.717, 1.165) is 6.33 Å². The summed E-state index contributed by atoms with van der Waals surface area (Å²) in [6.45, 7) is 0. The van der Waals surface area contributed by atoms with Crippen LogP contribution >= 0.6 is 0 Å². The van der Waals surface area contributed by atoms with E-state index in [2.05, 4.69) is 25.0 Å². The lowest BCUT2D eigenvalue weighted by Crippen LogP contribution is -2.03. The molecule has 0 fully saturated rings. The Morgan fingerprint density at radius 1 is 1.40 bits per heavy atom. The minimum atomic E-state index is -1.11. The molecule has 0 saturated carbocycles. The first-order chi connectivity index (χ1) is 7.25. The van der Waals surface area contributed by atoms with E-state index in [-0.39, 0.29) is 5.69 Å². The highest BCUT2D eigenvalue weighted by Gasteiger charge is 2.06. The summed E-state index contributed by atoms with van der Waals surface area (Å²) < 4.78 is 4.59. The number of hydrogen-bond acceptors (Lipinski definition) is 6. The number of aromatic carboxylic acids is 1. The van der Waals surface area contributed by atoms with Gasteiger partial charge in [-0.3, -0.25) is 0 Å². The molecule has 15 heavy (non-hydrogen) atoms. The quantitative estimate of drug-likeness (QED) is 0.769. The van der Waals surface area contributed by atoms with E-state index < -0.39 is 5.97 Å². The fourth-order valence-electron chi connectivity index (χ4n) is 0.951. The summed E-state index contributed by atoms with van der Waals surface area (Å²) >= 11 is 0. The van der Waals surface area contributed by atoms with Gasteiger partial charge in [0.15, 0.2) is 11.5 Å². The summed E-state index contributed by atoms with van der Waals surface area (Å²) in [5.74, 6) is -0.318. The number of nitrogens with one attached hydrogen (secondary N) is 1. The van der Waals surface area contributed by atoms with Crippen molar-refractivity contribution in [3.05, 3.63) is 30.4 Å². The van der Waals surface area contributed by atoms with E-state index >= 15 is 0 Å². The Bertz CT molecular complexity index is 468. The van der Waals surface area contributed by atoms with Gasteiger partial charge in [0.25, 0.3) is 0 Å². The highest BCUT2D eigenvalue weighted by Crippen LogP contribution is 2.11. The van der Waals surface area contributed by atoms with Crippen LogP contribution < -0.4 is 5.32 Å². The lowest BCUT2D eigenvalue weighted by Gasteiger charge is -2.00. The van der Waals surface area contributed by atoms with E-state index in [1.165, 1.54) is 12.3 Å². The van der Waals surface area contributed by atoms with Gasteiger partial charge in [0.1, 0.15) is 18.4 Å². The summed E-state index contributed by atoms with van der Waals surface area (Å²) in [5.41, 5.74) is -0.0870. The summed E-state index contributed by atoms with van der Waals surface area (Å²) in [5, 5.41) is 15.0. The first-order valence-corrected chi connectivity index (χ1v) is 3.98. The minimum absolute atomic E-state index is 0.0870. The Morgan fingerprint density at radius 3 is 2.93 bits per heavy atom. The average Bonchev–Trinajstić information content (AvgIpc) is 2.71. The van der Waals surface area contributed by atoms with E-state index in [1.807, 2.05) is 0 Å². The highest BCUT2D eigenvalue weighted by atomic mass is 16.5. The third kappa shape index (κ3) is 2.08. The molecule has 7 heteroatoms. The monoisotopic (exact) mass is 206 g/mol. The van der Waals surface area contributed by atoms with Gasteiger partial charge in [0, 0.05) is 12.1 Å². The minimum Gasteiger partial charge on any atom is -0.477 e. The lowest BCUT2D eigenvalue weighted by molar-refractivity contribution is 0.0690. The molecule has 0 aromatic carbocycles. The van der Waals surface area contributed by atoms with Gasteiger partial charge in [-0.25, -0.2) is 14.8 Å². The van der Waals surface area contributed by atoms with Gasteiger partial charge < -0.3 is 14.9 Å². The van der Waals surface area contributed by atoms with Crippen LogP contribution in [0.2, 0.25) is 0 Å². The topological polar surface area (TPSA) is 101 Å². The van der Waals surface area contributed by atoms with Crippen molar-refractivity contribution in [3.8, 4) is 0 Å². The number of hydrogen-bond donors (Lipinski definition) is 2. The molecule has 0 aliphatic carbocycles. The summed E-state index contributed by atoms with van der Waals surface area (Å²) in [7, 11) is 0. The van der Waals surface area contributed by atoms with Gasteiger partial charge in [-0.15, -0.1) is 0 Å². The zero-order valence-corrected chi connectivity index (χ0v) is 7.41. The lowest BCUT2D eigenvalue weighted by atomic mass is 10.4. The number of anilines is 2. The fourth-order valence-corrected chi connectivity index (χ4v) is 0.951. The Balaban J connectivity index is 2.22. The van der Waals surface area contributed by atoms with E-state index in [4.69, 9.17) is 5.11 Å². The van der Waals surface area contributed by atoms with Crippen molar-refractivity contribution in [2.24, 2.45) is 0 Å². The van der Waals surface area contributed by atoms with Crippen molar-refractivity contribution in [1.82, 2.24) is 15.1 Å².